The Bertz CT molecular complexity index is 81.1. The lowest BCUT2D eigenvalue weighted by Gasteiger charge is -2.09. The van der Waals surface area contributed by atoms with Gasteiger partial charge in [-0.1, -0.05) is 33.6 Å². The highest BCUT2D eigenvalue weighted by atomic mass is 14.8. The zero-order valence-corrected chi connectivity index (χ0v) is 9.03. The Labute approximate surface area is 77.9 Å². The summed E-state index contributed by atoms with van der Waals surface area (Å²) in [6, 6.07) is 0. The quantitative estimate of drug-likeness (QED) is 0.553. The Balaban J connectivity index is 2.97. The Morgan fingerprint density at radius 1 is 1.00 bits per heavy atom. The number of rotatable bonds is 8. The molecule has 0 aromatic rings. The van der Waals surface area contributed by atoms with Gasteiger partial charge in [0.25, 0.3) is 0 Å². The van der Waals surface area contributed by atoms with Crippen molar-refractivity contribution in [1.82, 2.24) is 5.32 Å². The zero-order chi connectivity index (χ0) is 9.23. The molecule has 0 aliphatic carbocycles. The van der Waals surface area contributed by atoms with E-state index in [1.165, 1.54) is 45.2 Å². The van der Waals surface area contributed by atoms with Crippen molar-refractivity contribution in [2.45, 2.75) is 52.9 Å². The molecule has 0 aliphatic heterocycles. The van der Waals surface area contributed by atoms with Crippen molar-refractivity contribution >= 4 is 0 Å². The summed E-state index contributed by atoms with van der Waals surface area (Å²) in [5.41, 5.74) is 0. The first-order valence-corrected chi connectivity index (χ1v) is 5.52. The summed E-state index contributed by atoms with van der Waals surface area (Å²) >= 11 is 0. The zero-order valence-electron chi connectivity index (χ0n) is 9.03. The summed E-state index contributed by atoms with van der Waals surface area (Å²) in [6.45, 7) is 9.24. The monoisotopic (exact) mass is 171 g/mol. The van der Waals surface area contributed by atoms with Crippen LogP contribution in [0.15, 0.2) is 0 Å². The molecular weight excluding hydrogens is 146 g/mol. The van der Waals surface area contributed by atoms with Crippen LogP contribution < -0.4 is 5.32 Å². The molecule has 0 fully saturated rings. The van der Waals surface area contributed by atoms with Crippen LogP contribution in [0.1, 0.15) is 52.9 Å². The van der Waals surface area contributed by atoms with Gasteiger partial charge < -0.3 is 5.32 Å². The Morgan fingerprint density at radius 3 is 2.33 bits per heavy atom. The number of nitrogens with one attached hydrogen (secondary N) is 1. The largest absolute Gasteiger partial charge is 0.317 e. The minimum Gasteiger partial charge on any atom is -0.317 e. The van der Waals surface area contributed by atoms with Crippen molar-refractivity contribution in [1.29, 1.82) is 0 Å². The lowest BCUT2D eigenvalue weighted by atomic mass is 10.0. The summed E-state index contributed by atoms with van der Waals surface area (Å²) in [5.74, 6) is 0.929. The molecule has 0 bridgehead atoms. The van der Waals surface area contributed by atoms with Crippen LogP contribution in [-0.4, -0.2) is 13.1 Å². The van der Waals surface area contributed by atoms with Gasteiger partial charge in [-0.3, -0.25) is 0 Å². The maximum Gasteiger partial charge on any atom is -0.00488 e. The molecule has 74 valence electrons. The standard InChI is InChI=1S/C11H25N/c1-4-7-11(3)8-6-10-12-9-5-2/h11-12H,4-10H2,1-3H3/t11-/m0/s1. The van der Waals surface area contributed by atoms with Crippen molar-refractivity contribution in [3.8, 4) is 0 Å². The second kappa shape index (κ2) is 9.05. The maximum absolute atomic E-state index is 3.43. The molecule has 0 amide bonds. The van der Waals surface area contributed by atoms with Crippen LogP contribution >= 0.6 is 0 Å². The van der Waals surface area contributed by atoms with Gasteiger partial charge in [-0.05, 0) is 38.3 Å². The fraction of sp³-hybridized carbons (Fsp3) is 1.00. The molecule has 0 aromatic carbocycles. The van der Waals surface area contributed by atoms with E-state index < -0.39 is 0 Å². The third-order valence-corrected chi connectivity index (χ3v) is 2.26. The van der Waals surface area contributed by atoms with Gasteiger partial charge in [0.05, 0.1) is 0 Å². The van der Waals surface area contributed by atoms with Crippen LogP contribution in [0, 0.1) is 5.92 Å². The van der Waals surface area contributed by atoms with E-state index in [9.17, 15) is 0 Å². The van der Waals surface area contributed by atoms with Gasteiger partial charge in [0.2, 0.25) is 0 Å². The first-order valence-electron chi connectivity index (χ1n) is 5.52. The second-order valence-corrected chi connectivity index (χ2v) is 3.79. The first kappa shape index (κ1) is 12.0. The molecule has 0 radical (unpaired) electrons. The van der Waals surface area contributed by atoms with Crippen LogP contribution in [0.25, 0.3) is 0 Å². The van der Waals surface area contributed by atoms with Crippen molar-refractivity contribution in [3.05, 3.63) is 0 Å². The van der Waals surface area contributed by atoms with E-state index in [0.717, 1.165) is 5.92 Å². The van der Waals surface area contributed by atoms with E-state index in [0.29, 0.717) is 0 Å². The average Bonchev–Trinajstić information content (AvgIpc) is 2.05. The van der Waals surface area contributed by atoms with Crippen molar-refractivity contribution in [3.63, 3.8) is 0 Å². The minimum absolute atomic E-state index is 0.929. The second-order valence-electron chi connectivity index (χ2n) is 3.79. The molecule has 0 aromatic heterocycles. The summed E-state index contributed by atoms with van der Waals surface area (Å²) in [6.07, 6.45) is 6.73. The Morgan fingerprint density at radius 2 is 1.75 bits per heavy atom. The van der Waals surface area contributed by atoms with Crippen molar-refractivity contribution in [2.24, 2.45) is 5.92 Å². The van der Waals surface area contributed by atoms with Crippen molar-refractivity contribution < 1.29 is 0 Å². The van der Waals surface area contributed by atoms with E-state index >= 15 is 0 Å². The third kappa shape index (κ3) is 8.06. The highest BCUT2D eigenvalue weighted by molar-refractivity contribution is 4.54. The highest BCUT2D eigenvalue weighted by Crippen LogP contribution is 2.11. The normalized spacial score (nSPS) is 13.2. The molecule has 12 heavy (non-hydrogen) atoms. The van der Waals surface area contributed by atoms with Crippen LogP contribution in [0.5, 0.6) is 0 Å². The van der Waals surface area contributed by atoms with E-state index in [-0.39, 0.29) is 0 Å². The Hall–Kier alpha value is -0.0400. The van der Waals surface area contributed by atoms with E-state index in [4.69, 9.17) is 0 Å². The molecule has 0 rings (SSSR count). The van der Waals surface area contributed by atoms with Gasteiger partial charge in [-0.25, -0.2) is 0 Å². The van der Waals surface area contributed by atoms with Gasteiger partial charge in [0, 0.05) is 0 Å². The summed E-state index contributed by atoms with van der Waals surface area (Å²) in [4.78, 5) is 0. The lowest BCUT2D eigenvalue weighted by Crippen LogP contribution is -2.16. The summed E-state index contributed by atoms with van der Waals surface area (Å²) < 4.78 is 0. The van der Waals surface area contributed by atoms with Crippen LogP contribution in [-0.2, 0) is 0 Å². The van der Waals surface area contributed by atoms with E-state index in [2.05, 4.69) is 26.1 Å². The third-order valence-electron chi connectivity index (χ3n) is 2.26. The van der Waals surface area contributed by atoms with Gasteiger partial charge in [-0.15, -0.1) is 0 Å². The van der Waals surface area contributed by atoms with Gasteiger partial charge in [0.15, 0.2) is 0 Å². The summed E-state index contributed by atoms with van der Waals surface area (Å²) in [7, 11) is 0. The first-order chi connectivity index (χ1) is 5.81. The molecule has 0 unspecified atom stereocenters. The predicted molar refractivity (Wildman–Crippen MR) is 56.5 cm³/mol. The Kier molecular flexibility index (Phi) is 9.02. The topological polar surface area (TPSA) is 12.0 Å². The SMILES string of the molecule is CCCNCCC[C@@H](C)CCC. The van der Waals surface area contributed by atoms with Crippen LogP contribution in [0.3, 0.4) is 0 Å². The molecule has 1 atom stereocenters. The van der Waals surface area contributed by atoms with Gasteiger partial charge in [0.1, 0.15) is 0 Å². The fourth-order valence-electron chi connectivity index (χ4n) is 1.51. The van der Waals surface area contributed by atoms with Gasteiger partial charge in [-0.2, -0.15) is 0 Å². The molecule has 0 spiro atoms. The van der Waals surface area contributed by atoms with E-state index in [1.54, 1.807) is 0 Å². The molecule has 0 saturated heterocycles. The smallest absolute Gasteiger partial charge is 0.00488 e. The molecule has 0 heterocycles. The molecule has 1 nitrogen and oxygen atoms in total. The molecule has 0 aliphatic rings. The number of hydrogen-bond acceptors (Lipinski definition) is 1. The number of hydrogen-bond donors (Lipinski definition) is 1. The average molecular weight is 171 g/mol. The van der Waals surface area contributed by atoms with Gasteiger partial charge >= 0.3 is 0 Å². The van der Waals surface area contributed by atoms with Crippen LogP contribution in [0.4, 0.5) is 0 Å². The van der Waals surface area contributed by atoms with Crippen molar-refractivity contribution in [2.75, 3.05) is 13.1 Å². The maximum atomic E-state index is 3.43. The summed E-state index contributed by atoms with van der Waals surface area (Å²) in [5, 5.41) is 3.43. The molecule has 1 N–H and O–H groups in total. The molecule has 1 heteroatoms. The fourth-order valence-corrected chi connectivity index (χ4v) is 1.51. The van der Waals surface area contributed by atoms with Crippen LogP contribution in [0.2, 0.25) is 0 Å². The molecule has 0 saturated carbocycles. The lowest BCUT2D eigenvalue weighted by molar-refractivity contribution is 0.459. The minimum atomic E-state index is 0.929. The van der Waals surface area contributed by atoms with E-state index in [1.807, 2.05) is 0 Å². The predicted octanol–water partition coefficient (Wildman–Crippen LogP) is 3.20. The molecular formula is C11H25N. The highest BCUT2D eigenvalue weighted by Gasteiger charge is 1.98.